The van der Waals surface area contributed by atoms with Crippen molar-refractivity contribution in [3.8, 4) is 11.5 Å². The Kier molecular flexibility index (Phi) is 8.40. The van der Waals surface area contributed by atoms with Crippen LogP contribution in [0, 0.1) is 0 Å². The molecule has 2 aromatic rings. The SMILES string of the molecule is COCCOc1ccc(NC(=O)c2ccc(OCCOC)c(Br)c2)cc1. The molecule has 2 rings (SSSR count). The summed E-state index contributed by atoms with van der Waals surface area (Å²) in [5.74, 6) is 1.18. The van der Waals surface area contributed by atoms with Gasteiger partial charge in [0.25, 0.3) is 5.91 Å². The standard InChI is InChI=1S/C19H22BrNO5/c1-23-9-11-25-16-6-4-15(5-7-16)21-19(22)14-3-8-18(17(20)13-14)26-12-10-24-2/h3-8,13H,9-12H2,1-2H3,(H,21,22). The van der Waals surface area contributed by atoms with Crippen LogP contribution < -0.4 is 14.8 Å². The van der Waals surface area contributed by atoms with Gasteiger partial charge in [0.2, 0.25) is 0 Å². The van der Waals surface area contributed by atoms with Gasteiger partial charge in [-0.1, -0.05) is 0 Å². The summed E-state index contributed by atoms with van der Waals surface area (Å²) in [6.07, 6.45) is 0. The number of carbonyl (C=O) groups is 1. The van der Waals surface area contributed by atoms with E-state index in [4.69, 9.17) is 18.9 Å². The summed E-state index contributed by atoms with van der Waals surface area (Å²) in [4.78, 5) is 12.4. The summed E-state index contributed by atoms with van der Waals surface area (Å²) in [5.41, 5.74) is 1.21. The van der Waals surface area contributed by atoms with Crippen molar-refractivity contribution in [2.45, 2.75) is 0 Å². The summed E-state index contributed by atoms with van der Waals surface area (Å²) in [6, 6.07) is 12.4. The van der Waals surface area contributed by atoms with Gasteiger partial charge in [0.05, 0.1) is 17.7 Å². The number of nitrogens with one attached hydrogen (secondary N) is 1. The maximum Gasteiger partial charge on any atom is 0.255 e. The molecule has 26 heavy (non-hydrogen) atoms. The summed E-state index contributed by atoms with van der Waals surface area (Å²) < 4.78 is 21.6. The first kappa shape index (κ1) is 20.2. The maximum absolute atomic E-state index is 12.4. The molecule has 0 unspecified atom stereocenters. The number of ether oxygens (including phenoxy) is 4. The van der Waals surface area contributed by atoms with Crippen LogP contribution in [0.15, 0.2) is 46.9 Å². The van der Waals surface area contributed by atoms with Gasteiger partial charge >= 0.3 is 0 Å². The van der Waals surface area contributed by atoms with Crippen LogP contribution in [-0.2, 0) is 9.47 Å². The van der Waals surface area contributed by atoms with E-state index < -0.39 is 0 Å². The molecule has 0 aliphatic rings. The number of halogens is 1. The molecule has 0 aromatic heterocycles. The smallest absolute Gasteiger partial charge is 0.255 e. The molecule has 2 aromatic carbocycles. The Labute approximate surface area is 161 Å². The fourth-order valence-corrected chi connectivity index (χ4v) is 2.57. The average molecular weight is 424 g/mol. The number of benzene rings is 2. The Morgan fingerprint density at radius 1 is 0.923 bits per heavy atom. The Balaban J connectivity index is 1.93. The Bertz CT molecular complexity index is 706. The number of hydrogen-bond acceptors (Lipinski definition) is 5. The van der Waals surface area contributed by atoms with Crippen molar-refractivity contribution < 1.29 is 23.7 Å². The quantitative estimate of drug-likeness (QED) is 0.589. The highest BCUT2D eigenvalue weighted by Gasteiger charge is 2.10. The molecule has 0 fully saturated rings. The van der Waals surface area contributed by atoms with Crippen molar-refractivity contribution in [1.29, 1.82) is 0 Å². The minimum atomic E-state index is -0.206. The number of methoxy groups -OCH3 is 2. The van der Waals surface area contributed by atoms with Crippen LogP contribution >= 0.6 is 15.9 Å². The van der Waals surface area contributed by atoms with Crippen molar-refractivity contribution in [2.75, 3.05) is 46.0 Å². The van der Waals surface area contributed by atoms with Gasteiger partial charge < -0.3 is 24.3 Å². The van der Waals surface area contributed by atoms with Gasteiger partial charge in [-0.3, -0.25) is 4.79 Å². The molecule has 7 heteroatoms. The third-order valence-corrected chi connectivity index (χ3v) is 4.03. The second-order valence-corrected chi connectivity index (χ2v) is 6.16. The molecule has 0 atom stereocenters. The van der Waals surface area contributed by atoms with Gasteiger partial charge in [0.15, 0.2) is 0 Å². The predicted molar refractivity (Wildman–Crippen MR) is 103 cm³/mol. The van der Waals surface area contributed by atoms with E-state index in [0.717, 1.165) is 5.75 Å². The van der Waals surface area contributed by atoms with E-state index in [0.29, 0.717) is 47.9 Å². The van der Waals surface area contributed by atoms with E-state index in [1.165, 1.54) is 0 Å². The molecule has 1 amide bonds. The number of rotatable bonds is 10. The van der Waals surface area contributed by atoms with E-state index in [-0.39, 0.29) is 5.91 Å². The van der Waals surface area contributed by atoms with Crippen molar-refractivity contribution in [3.05, 3.63) is 52.5 Å². The zero-order chi connectivity index (χ0) is 18.8. The summed E-state index contributed by atoms with van der Waals surface area (Å²) in [7, 11) is 3.24. The molecule has 0 heterocycles. The van der Waals surface area contributed by atoms with E-state index in [9.17, 15) is 4.79 Å². The second kappa shape index (κ2) is 10.8. The van der Waals surface area contributed by atoms with Gasteiger partial charge in [-0.15, -0.1) is 0 Å². The van der Waals surface area contributed by atoms with E-state index >= 15 is 0 Å². The minimum Gasteiger partial charge on any atom is -0.491 e. The molecule has 0 aliphatic carbocycles. The van der Waals surface area contributed by atoms with E-state index in [1.807, 2.05) is 0 Å². The fraction of sp³-hybridized carbons (Fsp3) is 0.316. The topological polar surface area (TPSA) is 66.0 Å². The lowest BCUT2D eigenvalue weighted by Crippen LogP contribution is -2.12. The van der Waals surface area contributed by atoms with E-state index in [1.54, 1.807) is 56.7 Å². The van der Waals surface area contributed by atoms with Crippen LogP contribution in [0.3, 0.4) is 0 Å². The Morgan fingerprint density at radius 2 is 1.58 bits per heavy atom. The molecule has 0 bridgehead atoms. The maximum atomic E-state index is 12.4. The molecule has 140 valence electrons. The third kappa shape index (κ3) is 6.33. The molecule has 1 N–H and O–H groups in total. The number of amides is 1. The Morgan fingerprint density at radius 3 is 2.19 bits per heavy atom. The molecule has 0 saturated heterocycles. The first-order valence-electron chi connectivity index (χ1n) is 8.08. The van der Waals surface area contributed by atoms with Crippen LogP contribution in [0.4, 0.5) is 5.69 Å². The van der Waals surface area contributed by atoms with Crippen molar-refractivity contribution >= 4 is 27.5 Å². The monoisotopic (exact) mass is 423 g/mol. The third-order valence-electron chi connectivity index (χ3n) is 3.41. The lowest BCUT2D eigenvalue weighted by molar-refractivity contribution is 0.102. The Hall–Kier alpha value is -2.09. The number of carbonyl (C=O) groups excluding carboxylic acids is 1. The number of hydrogen-bond donors (Lipinski definition) is 1. The minimum absolute atomic E-state index is 0.206. The molecule has 0 saturated carbocycles. The summed E-state index contributed by atoms with van der Waals surface area (Å²) >= 11 is 3.42. The molecule has 0 radical (unpaired) electrons. The second-order valence-electron chi connectivity index (χ2n) is 5.31. The van der Waals surface area contributed by atoms with Crippen molar-refractivity contribution in [3.63, 3.8) is 0 Å². The van der Waals surface area contributed by atoms with Crippen LogP contribution in [0.5, 0.6) is 11.5 Å². The van der Waals surface area contributed by atoms with Gasteiger partial charge in [-0.25, -0.2) is 0 Å². The van der Waals surface area contributed by atoms with Crippen molar-refractivity contribution in [1.82, 2.24) is 0 Å². The molecule has 0 aliphatic heterocycles. The summed E-state index contributed by atoms with van der Waals surface area (Å²) in [6.45, 7) is 1.95. The highest BCUT2D eigenvalue weighted by atomic mass is 79.9. The highest BCUT2D eigenvalue weighted by Crippen LogP contribution is 2.26. The average Bonchev–Trinajstić information content (AvgIpc) is 2.65. The molecular weight excluding hydrogens is 402 g/mol. The lowest BCUT2D eigenvalue weighted by atomic mass is 10.2. The zero-order valence-electron chi connectivity index (χ0n) is 14.8. The normalized spacial score (nSPS) is 10.4. The van der Waals surface area contributed by atoms with Crippen LogP contribution in [0.2, 0.25) is 0 Å². The first-order chi connectivity index (χ1) is 12.6. The molecular formula is C19H22BrNO5. The molecule has 6 nitrogen and oxygen atoms in total. The van der Waals surface area contributed by atoms with E-state index in [2.05, 4.69) is 21.2 Å². The van der Waals surface area contributed by atoms with Crippen LogP contribution in [0.1, 0.15) is 10.4 Å². The van der Waals surface area contributed by atoms with Gasteiger partial charge in [-0.2, -0.15) is 0 Å². The van der Waals surface area contributed by atoms with Crippen LogP contribution in [-0.4, -0.2) is 46.6 Å². The van der Waals surface area contributed by atoms with Crippen molar-refractivity contribution in [2.24, 2.45) is 0 Å². The highest BCUT2D eigenvalue weighted by molar-refractivity contribution is 9.10. The largest absolute Gasteiger partial charge is 0.491 e. The zero-order valence-corrected chi connectivity index (χ0v) is 16.4. The predicted octanol–water partition coefficient (Wildman–Crippen LogP) is 3.75. The van der Waals surface area contributed by atoms with Crippen LogP contribution in [0.25, 0.3) is 0 Å². The lowest BCUT2D eigenvalue weighted by Gasteiger charge is -2.10. The van der Waals surface area contributed by atoms with Gasteiger partial charge in [-0.05, 0) is 58.4 Å². The summed E-state index contributed by atoms with van der Waals surface area (Å²) in [5, 5.41) is 2.85. The fourth-order valence-electron chi connectivity index (χ4n) is 2.07. The van der Waals surface area contributed by atoms with Gasteiger partial charge in [0, 0.05) is 25.5 Å². The first-order valence-corrected chi connectivity index (χ1v) is 8.87. The number of anilines is 1. The van der Waals surface area contributed by atoms with Gasteiger partial charge in [0.1, 0.15) is 24.7 Å². The molecule has 0 spiro atoms.